The van der Waals surface area contributed by atoms with Crippen molar-refractivity contribution in [1.82, 2.24) is 15.5 Å². The summed E-state index contributed by atoms with van der Waals surface area (Å²) >= 11 is 0. The number of carbonyl (C=O) groups is 1. The van der Waals surface area contributed by atoms with Gasteiger partial charge in [0.1, 0.15) is 5.52 Å². The summed E-state index contributed by atoms with van der Waals surface area (Å²) in [5, 5.41) is 6.67. The third-order valence-corrected chi connectivity index (χ3v) is 5.24. The lowest BCUT2D eigenvalue weighted by atomic mass is 9.83. The molecule has 6 nitrogen and oxygen atoms in total. The van der Waals surface area contributed by atoms with Gasteiger partial charge in [-0.1, -0.05) is 60.1 Å². The van der Waals surface area contributed by atoms with Gasteiger partial charge in [-0.15, -0.1) is 0 Å². The molecule has 0 aliphatic heterocycles. The number of nitrogens with one attached hydrogen (secondary N) is 1. The van der Waals surface area contributed by atoms with E-state index in [4.69, 9.17) is 8.94 Å². The highest BCUT2D eigenvalue weighted by atomic mass is 16.5. The summed E-state index contributed by atoms with van der Waals surface area (Å²) < 4.78 is 10.4. The first-order valence-electron chi connectivity index (χ1n) is 10.4. The number of benzene rings is 2. The summed E-state index contributed by atoms with van der Waals surface area (Å²) in [5.74, 6) is 1.28. The molecule has 6 heteroatoms. The fraction of sp³-hybridized carbons (Fsp3) is 0.240. The maximum atomic E-state index is 10.7. The van der Waals surface area contributed by atoms with Gasteiger partial charge in [0.15, 0.2) is 17.7 Å². The Morgan fingerprint density at radius 3 is 2.65 bits per heavy atom. The Balaban J connectivity index is 0.000000152. The van der Waals surface area contributed by atoms with Gasteiger partial charge < -0.3 is 14.3 Å². The Bertz CT molecular complexity index is 1160. The Labute approximate surface area is 181 Å². The zero-order chi connectivity index (χ0) is 21.5. The van der Waals surface area contributed by atoms with E-state index in [1.807, 2.05) is 42.5 Å². The summed E-state index contributed by atoms with van der Waals surface area (Å²) in [4.78, 5) is 14.7. The number of amides is 1. The summed E-state index contributed by atoms with van der Waals surface area (Å²) in [6.45, 7) is 1.93. The van der Waals surface area contributed by atoms with Crippen LogP contribution in [0.4, 0.5) is 0 Å². The summed E-state index contributed by atoms with van der Waals surface area (Å²) in [7, 11) is 0. The van der Waals surface area contributed by atoms with Crippen molar-refractivity contribution in [3.8, 4) is 0 Å². The predicted octanol–water partition coefficient (Wildman–Crippen LogP) is 5.58. The number of hydrogen-bond donors (Lipinski definition) is 1. The lowest BCUT2D eigenvalue weighted by Gasteiger charge is -2.22. The van der Waals surface area contributed by atoms with Crippen LogP contribution in [0.25, 0.3) is 23.3 Å². The first-order chi connectivity index (χ1) is 15.2. The number of oxazole rings is 1. The van der Waals surface area contributed by atoms with E-state index in [9.17, 15) is 4.79 Å². The molecular formula is C25H25N3O3. The molecule has 2 heterocycles. The molecule has 0 saturated heterocycles. The van der Waals surface area contributed by atoms with E-state index in [0.29, 0.717) is 12.5 Å². The number of rotatable bonds is 5. The minimum atomic E-state index is -0.0494. The molecule has 0 unspecified atom stereocenters. The summed E-state index contributed by atoms with van der Waals surface area (Å²) in [5.41, 5.74) is 5.04. The van der Waals surface area contributed by atoms with Gasteiger partial charge in [-0.2, -0.15) is 0 Å². The standard InChI is InChI=1S/C15H11NO.C10H14N2O2/c1-2-4-12(5-3-1)6-7-13-8-9-14-15(10-13)17-11-16-14;1-7(13)11-6-9-5-10(12-14-9)8-3-2-4-8/h1-11H;5,8H,2-4,6H2,1H3,(H,11,13)/b7-6+;. The molecule has 1 aliphatic carbocycles. The van der Waals surface area contributed by atoms with Gasteiger partial charge in [0.05, 0.1) is 12.2 Å². The lowest BCUT2D eigenvalue weighted by Crippen LogP contribution is -2.18. The number of hydrogen-bond acceptors (Lipinski definition) is 5. The largest absolute Gasteiger partial charge is 0.443 e. The van der Waals surface area contributed by atoms with Gasteiger partial charge in [0.2, 0.25) is 5.91 Å². The topological polar surface area (TPSA) is 81.2 Å². The molecule has 2 aromatic carbocycles. The Morgan fingerprint density at radius 2 is 1.90 bits per heavy atom. The van der Waals surface area contributed by atoms with Crippen LogP contribution < -0.4 is 5.32 Å². The number of carbonyl (C=O) groups excluding carboxylic acids is 1. The van der Waals surface area contributed by atoms with Crippen LogP contribution in [0, 0.1) is 0 Å². The molecule has 1 N–H and O–H groups in total. The third kappa shape index (κ3) is 5.69. The zero-order valence-corrected chi connectivity index (χ0v) is 17.5. The van der Waals surface area contributed by atoms with Crippen molar-refractivity contribution in [1.29, 1.82) is 0 Å². The van der Waals surface area contributed by atoms with Crippen molar-refractivity contribution in [2.45, 2.75) is 38.6 Å². The molecule has 5 rings (SSSR count). The molecule has 158 valence electrons. The normalized spacial score (nSPS) is 13.6. The monoisotopic (exact) mass is 415 g/mol. The molecular weight excluding hydrogens is 390 g/mol. The average molecular weight is 415 g/mol. The first kappa shape index (κ1) is 20.6. The van der Waals surface area contributed by atoms with Crippen molar-refractivity contribution in [3.05, 3.63) is 83.6 Å². The van der Waals surface area contributed by atoms with Gasteiger partial charge in [-0.05, 0) is 36.1 Å². The van der Waals surface area contributed by atoms with Crippen LogP contribution >= 0.6 is 0 Å². The maximum Gasteiger partial charge on any atom is 0.217 e. The van der Waals surface area contributed by atoms with Crippen LogP contribution in [0.5, 0.6) is 0 Å². The van der Waals surface area contributed by atoms with Crippen LogP contribution in [-0.2, 0) is 11.3 Å². The smallest absolute Gasteiger partial charge is 0.217 e. The van der Waals surface area contributed by atoms with Crippen LogP contribution in [0.15, 0.2) is 69.9 Å². The van der Waals surface area contributed by atoms with Crippen molar-refractivity contribution < 1.29 is 13.7 Å². The Hall–Kier alpha value is -3.67. The van der Waals surface area contributed by atoms with Crippen LogP contribution in [0.3, 0.4) is 0 Å². The van der Waals surface area contributed by atoms with Gasteiger partial charge in [0, 0.05) is 18.9 Å². The van der Waals surface area contributed by atoms with E-state index in [1.54, 1.807) is 0 Å². The molecule has 1 aliphatic rings. The third-order valence-electron chi connectivity index (χ3n) is 5.24. The molecule has 31 heavy (non-hydrogen) atoms. The average Bonchev–Trinajstić information content (AvgIpc) is 3.40. The lowest BCUT2D eigenvalue weighted by molar-refractivity contribution is -0.119. The van der Waals surface area contributed by atoms with E-state index < -0.39 is 0 Å². The maximum absolute atomic E-state index is 10.7. The highest BCUT2D eigenvalue weighted by molar-refractivity contribution is 5.78. The van der Waals surface area contributed by atoms with Crippen molar-refractivity contribution >= 4 is 29.2 Å². The SMILES string of the molecule is C(=C\c1ccc2ncoc2c1)/c1ccccc1.CC(=O)NCc1cc(C2CCC2)no1. The van der Waals surface area contributed by atoms with Crippen molar-refractivity contribution in [2.24, 2.45) is 0 Å². The fourth-order valence-corrected chi connectivity index (χ4v) is 3.25. The van der Waals surface area contributed by atoms with Gasteiger partial charge in [-0.25, -0.2) is 4.98 Å². The van der Waals surface area contributed by atoms with Gasteiger partial charge in [0.25, 0.3) is 0 Å². The zero-order valence-electron chi connectivity index (χ0n) is 17.5. The van der Waals surface area contributed by atoms with Crippen molar-refractivity contribution in [2.75, 3.05) is 0 Å². The Morgan fingerprint density at radius 1 is 1.10 bits per heavy atom. The van der Waals surface area contributed by atoms with Gasteiger partial charge >= 0.3 is 0 Å². The van der Waals surface area contributed by atoms with Crippen LogP contribution in [0.1, 0.15) is 54.7 Å². The van der Waals surface area contributed by atoms with E-state index >= 15 is 0 Å². The Kier molecular flexibility index (Phi) is 6.57. The van der Waals surface area contributed by atoms with Gasteiger partial charge in [-0.3, -0.25) is 4.79 Å². The van der Waals surface area contributed by atoms with E-state index in [0.717, 1.165) is 28.1 Å². The molecule has 0 radical (unpaired) electrons. The molecule has 4 aromatic rings. The van der Waals surface area contributed by atoms with E-state index in [1.165, 1.54) is 38.1 Å². The highest BCUT2D eigenvalue weighted by Gasteiger charge is 2.22. The summed E-state index contributed by atoms with van der Waals surface area (Å²) in [6.07, 6.45) is 9.33. The number of aromatic nitrogens is 2. The first-order valence-corrected chi connectivity index (χ1v) is 10.4. The molecule has 0 atom stereocenters. The van der Waals surface area contributed by atoms with Crippen LogP contribution in [0.2, 0.25) is 0 Å². The molecule has 1 saturated carbocycles. The molecule has 2 aromatic heterocycles. The predicted molar refractivity (Wildman–Crippen MR) is 120 cm³/mol. The minimum absolute atomic E-state index is 0.0494. The number of fused-ring (bicyclic) bond motifs is 1. The molecule has 0 bridgehead atoms. The van der Waals surface area contributed by atoms with Crippen LogP contribution in [-0.4, -0.2) is 16.0 Å². The fourth-order valence-electron chi connectivity index (χ4n) is 3.25. The molecule has 1 fully saturated rings. The second kappa shape index (κ2) is 9.89. The highest BCUT2D eigenvalue weighted by Crippen LogP contribution is 2.35. The van der Waals surface area contributed by atoms with E-state index in [-0.39, 0.29) is 5.91 Å². The molecule has 0 spiro atoms. The van der Waals surface area contributed by atoms with E-state index in [2.05, 4.69) is 39.7 Å². The molecule has 1 amide bonds. The number of nitrogens with zero attached hydrogens (tertiary/aromatic N) is 2. The minimum Gasteiger partial charge on any atom is -0.443 e. The van der Waals surface area contributed by atoms with Crippen molar-refractivity contribution in [3.63, 3.8) is 0 Å². The quantitative estimate of drug-likeness (QED) is 0.431. The summed E-state index contributed by atoms with van der Waals surface area (Å²) in [6, 6.07) is 18.1. The second-order valence-corrected chi connectivity index (χ2v) is 7.58. The second-order valence-electron chi connectivity index (χ2n) is 7.58.